The molecule has 0 aromatic heterocycles. The van der Waals surface area contributed by atoms with Gasteiger partial charge in [0.25, 0.3) is 0 Å². The molecule has 0 saturated heterocycles. The van der Waals surface area contributed by atoms with Crippen LogP contribution in [0, 0.1) is 0 Å². The van der Waals surface area contributed by atoms with E-state index in [0.717, 1.165) is 17.4 Å². The predicted molar refractivity (Wildman–Crippen MR) is 22.1 cm³/mol. The van der Waals surface area contributed by atoms with Gasteiger partial charge in [0.1, 0.15) is 0 Å². The van der Waals surface area contributed by atoms with Crippen molar-refractivity contribution in [2.75, 3.05) is 0 Å². The van der Waals surface area contributed by atoms with E-state index in [9.17, 15) is 0 Å². The fourth-order valence-corrected chi connectivity index (χ4v) is 0. The van der Waals surface area contributed by atoms with Gasteiger partial charge in [-0.1, -0.05) is 0 Å². The van der Waals surface area contributed by atoms with Crippen LogP contribution in [0.5, 0.6) is 0 Å². The maximum atomic E-state index is 8.74. The summed E-state index contributed by atoms with van der Waals surface area (Å²) in [5.74, 6) is 0. The van der Waals surface area contributed by atoms with E-state index in [-0.39, 0.29) is 11.0 Å². The van der Waals surface area contributed by atoms with Gasteiger partial charge < -0.3 is 11.0 Å². The first-order valence-electron chi connectivity index (χ1n) is 0.881. The van der Waals surface area contributed by atoms with Crippen LogP contribution >= 0.6 is 0 Å². The van der Waals surface area contributed by atoms with Gasteiger partial charge in [0.05, 0.1) is 0 Å². The normalized spacial score (nSPS) is 6.78. The van der Waals surface area contributed by atoms with Crippen molar-refractivity contribution in [3.63, 3.8) is 0 Å². The first-order chi connectivity index (χ1) is 3.00. The van der Waals surface area contributed by atoms with Crippen LogP contribution in [-0.4, -0.2) is 28.5 Å². The van der Waals surface area contributed by atoms with Crippen LogP contribution in [0.25, 0.3) is 0 Å². The first kappa shape index (κ1) is 22.9. The van der Waals surface area contributed by atoms with Crippen LogP contribution in [0.3, 0.4) is 0 Å². The molecule has 0 atom stereocenters. The molecule has 0 aromatic rings. The zero-order chi connectivity index (χ0) is 6.50. The molecular formula is H6O7SV. The third-order valence-electron chi connectivity index (χ3n) is 0. The molecule has 6 N–H and O–H groups in total. The Morgan fingerprint density at radius 1 is 1.00 bits per heavy atom. The van der Waals surface area contributed by atoms with E-state index >= 15 is 0 Å². The average Bonchev–Trinajstić information content (AvgIpc) is 1.36. The Morgan fingerprint density at radius 2 is 1.00 bits per heavy atom. The monoisotopic (exact) mass is 201 g/mol. The molecule has 0 radical (unpaired) electrons. The van der Waals surface area contributed by atoms with Gasteiger partial charge in [-0.15, -0.1) is 0 Å². The summed E-state index contributed by atoms with van der Waals surface area (Å²) >= 11 is 1.06. The summed E-state index contributed by atoms with van der Waals surface area (Å²) in [6.07, 6.45) is 0. The van der Waals surface area contributed by atoms with E-state index in [2.05, 4.69) is 0 Å². The van der Waals surface area contributed by atoms with E-state index in [1.807, 2.05) is 0 Å². The van der Waals surface area contributed by atoms with Crippen molar-refractivity contribution in [2.24, 2.45) is 0 Å². The Balaban J connectivity index is -0.0000000286. The number of rotatable bonds is 0. The van der Waals surface area contributed by atoms with E-state index < -0.39 is 10.4 Å². The molecule has 59 valence electrons. The van der Waals surface area contributed by atoms with E-state index in [4.69, 9.17) is 21.2 Å². The van der Waals surface area contributed by atoms with Crippen molar-refractivity contribution in [2.45, 2.75) is 0 Å². The van der Waals surface area contributed by atoms with Crippen LogP contribution in [0.4, 0.5) is 0 Å². The van der Waals surface area contributed by atoms with Crippen molar-refractivity contribution >= 4 is 10.4 Å². The van der Waals surface area contributed by atoms with Crippen molar-refractivity contribution in [1.29, 1.82) is 0 Å². The third kappa shape index (κ3) is 10200. The second-order valence-electron chi connectivity index (χ2n) is 0.448. The van der Waals surface area contributed by atoms with Crippen LogP contribution in [-0.2, 0) is 31.4 Å². The van der Waals surface area contributed by atoms with Gasteiger partial charge in [0.2, 0.25) is 0 Å². The standard InChI is InChI=1S/H2O4S.2H2O.O.V/c1-5(2,3)4;;;;/h(H2,1,2,3,4);2*1H2;;. The molecule has 0 rings (SSSR count). The summed E-state index contributed by atoms with van der Waals surface area (Å²) < 4.78 is 39.8. The van der Waals surface area contributed by atoms with Crippen molar-refractivity contribution in [1.82, 2.24) is 0 Å². The number of hydrogen-bond acceptors (Lipinski definition) is 3. The first-order valence-corrected chi connectivity index (χ1v) is 2.85. The SMILES string of the molecule is O.O.O=S(=O)(O)O.[O]=[V]. The molecule has 0 amide bonds. The molecular weight excluding hydrogens is 195 g/mol. The molecule has 0 bridgehead atoms. The van der Waals surface area contributed by atoms with E-state index in [0.29, 0.717) is 0 Å². The molecule has 0 unspecified atom stereocenters. The Labute approximate surface area is 60.5 Å². The predicted octanol–water partition coefficient (Wildman–Crippen LogP) is -2.42. The van der Waals surface area contributed by atoms with Gasteiger partial charge in [-0.25, -0.2) is 0 Å². The van der Waals surface area contributed by atoms with Gasteiger partial charge in [-0.2, -0.15) is 8.42 Å². The minimum atomic E-state index is -4.67. The second-order valence-corrected chi connectivity index (χ2v) is 1.34. The maximum absolute atomic E-state index is 8.74. The topological polar surface area (TPSA) is 155 Å². The molecule has 9 heavy (non-hydrogen) atoms. The Bertz CT molecular complexity index is 103. The van der Waals surface area contributed by atoms with Crippen molar-refractivity contribution in [3.05, 3.63) is 0 Å². The molecule has 7 nitrogen and oxygen atoms in total. The molecule has 0 spiro atoms. The molecule has 0 fully saturated rings. The van der Waals surface area contributed by atoms with Crippen molar-refractivity contribution < 1.29 is 49.5 Å². The average molecular weight is 201 g/mol. The van der Waals surface area contributed by atoms with Crippen LogP contribution in [0.2, 0.25) is 0 Å². The summed E-state index contributed by atoms with van der Waals surface area (Å²) in [6, 6.07) is 0. The molecule has 0 aliphatic rings. The molecule has 0 aliphatic heterocycles. The third-order valence-corrected chi connectivity index (χ3v) is 0. The zero-order valence-corrected chi connectivity index (χ0v) is 6.19. The van der Waals surface area contributed by atoms with Gasteiger partial charge in [0, 0.05) is 0 Å². The molecule has 9 heteroatoms. The second kappa shape index (κ2) is 11.0. The number of hydrogen-bond donors (Lipinski definition) is 2. The summed E-state index contributed by atoms with van der Waals surface area (Å²) in [6.45, 7) is 0. The van der Waals surface area contributed by atoms with E-state index in [1.165, 1.54) is 0 Å². The summed E-state index contributed by atoms with van der Waals surface area (Å²) in [7, 11) is -4.67. The van der Waals surface area contributed by atoms with Crippen LogP contribution in [0.15, 0.2) is 0 Å². The van der Waals surface area contributed by atoms with Gasteiger partial charge >= 0.3 is 31.4 Å². The van der Waals surface area contributed by atoms with Gasteiger partial charge in [-0.3, -0.25) is 9.11 Å². The molecule has 0 heterocycles. The zero-order valence-electron chi connectivity index (χ0n) is 3.97. The van der Waals surface area contributed by atoms with E-state index in [1.54, 1.807) is 0 Å². The van der Waals surface area contributed by atoms with Crippen LogP contribution in [0.1, 0.15) is 0 Å². The van der Waals surface area contributed by atoms with Gasteiger partial charge in [-0.05, 0) is 0 Å². The molecule has 0 aromatic carbocycles. The molecule has 0 aliphatic carbocycles. The summed E-state index contributed by atoms with van der Waals surface area (Å²) in [5, 5.41) is 0. The fourth-order valence-electron chi connectivity index (χ4n) is 0. The fraction of sp³-hybridized carbons (Fsp3) is 0. The van der Waals surface area contributed by atoms with Crippen LogP contribution < -0.4 is 0 Å². The quantitative estimate of drug-likeness (QED) is 0.417. The summed E-state index contributed by atoms with van der Waals surface area (Å²) in [5.41, 5.74) is 0. The van der Waals surface area contributed by atoms with Crippen molar-refractivity contribution in [3.8, 4) is 0 Å². The summed E-state index contributed by atoms with van der Waals surface area (Å²) in [4.78, 5) is 0. The Kier molecular flexibility index (Phi) is 28.1. The Morgan fingerprint density at radius 3 is 1.00 bits per heavy atom. The Hall–Kier alpha value is 0.174. The molecule has 0 saturated carbocycles. The minimum absolute atomic E-state index is 0. The van der Waals surface area contributed by atoms with Gasteiger partial charge in [0.15, 0.2) is 0 Å².